The maximum absolute atomic E-state index is 14.4. The molecule has 152 valence electrons. The molecule has 0 fully saturated rings. The monoisotopic (exact) mass is 467 g/mol. The fraction of sp³-hybridized carbons (Fsp3) is 0.200. The highest BCUT2D eigenvalue weighted by Crippen LogP contribution is 2.37. The van der Waals surface area contributed by atoms with Gasteiger partial charge in [0.15, 0.2) is 17.5 Å². The van der Waals surface area contributed by atoms with Crippen LogP contribution in [0.15, 0.2) is 46.9 Å². The number of hydrogen-bond acceptors (Lipinski definition) is 3. The zero-order valence-electron chi connectivity index (χ0n) is 15.8. The lowest BCUT2D eigenvalue weighted by molar-refractivity contribution is 0.0635. The van der Waals surface area contributed by atoms with Crippen LogP contribution in [0.25, 0.3) is 16.9 Å². The summed E-state index contributed by atoms with van der Waals surface area (Å²) in [6, 6.07) is 9.06. The summed E-state index contributed by atoms with van der Waals surface area (Å²) in [5.74, 6) is -2.65. The third-order valence-corrected chi connectivity index (χ3v) is 4.47. The molecule has 0 bridgehead atoms. The van der Waals surface area contributed by atoms with Crippen molar-refractivity contribution in [2.45, 2.75) is 26.4 Å². The SMILES string of the molecule is CC(C)(C)OC(=O)Nc1nn(-c2ccccc2F)c(-c2ccc(F)c(F)c2)c1Br. The molecule has 0 aliphatic carbocycles. The zero-order chi connectivity index (χ0) is 21.3. The number of aromatic nitrogens is 2. The van der Waals surface area contributed by atoms with E-state index in [1.165, 1.54) is 28.9 Å². The summed E-state index contributed by atoms with van der Waals surface area (Å²) < 4.78 is 48.3. The maximum atomic E-state index is 14.4. The molecule has 0 saturated carbocycles. The summed E-state index contributed by atoms with van der Waals surface area (Å²) in [5, 5.41) is 6.72. The highest BCUT2D eigenvalue weighted by atomic mass is 79.9. The van der Waals surface area contributed by atoms with Crippen molar-refractivity contribution in [3.63, 3.8) is 0 Å². The van der Waals surface area contributed by atoms with E-state index in [0.29, 0.717) is 0 Å². The van der Waals surface area contributed by atoms with E-state index in [-0.39, 0.29) is 27.2 Å². The van der Waals surface area contributed by atoms with Crippen molar-refractivity contribution < 1.29 is 22.7 Å². The van der Waals surface area contributed by atoms with Gasteiger partial charge in [0.2, 0.25) is 0 Å². The zero-order valence-corrected chi connectivity index (χ0v) is 17.4. The first-order valence-corrected chi connectivity index (χ1v) is 9.35. The Balaban J connectivity index is 2.14. The first-order valence-electron chi connectivity index (χ1n) is 8.55. The molecule has 1 N–H and O–H groups in total. The molecular formula is C20H17BrF3N3O2. The largest absolute Gasteiger partial charge is 0.444 e. The fourth-order valence-electron chi connectivity index (χ4n) is 2.57. The summed E-state index contributed by atoms with van der Waals surface area (Å²) in [7, 11) is 0. The van der Waals surface area contributed by atoms with E-state index in [0.717, 1.165) is 12.1 Å². The van der Waals surface area contributed by atoms with Crippen LogP contribution < -0.4 is 5.32 Å². The van der Waals surface area contributed by atoms with E-state index in [1.54, 1.807) is 26.8 Å². The van der Waals surface area contributed by atoms with Crippen LogP contribution in [0.1, 0.15) is 20.8 Å². The van der Waals surface area contributed by atoms with Gasteiger partial charge in [0, 0.05) is 5.56 Å². The average molecular weight is 468 g/mol. The molecule has 1 amide bonds. The molecule has 29 heavy (non-hydrogen) atoms. The van der Waals surface area contributed by atoms with Crippen LogP contribution in [-0.4, -0.2) is 21.5 Å². The van der Waals surface area contributed by atoms with Crippen LogP contribution >= 0.6 is 15.9 Å². The van der Waals surface area contributed by atoms with Crippen LogP contribution in [-0.2, 0) is 4.74 Å². The molecule has 1 heterocycles. The standard InChI is InChI=1S/C20H17BrF3N3O2/c1-20(2,3)29-19(28)25-18-16(21)17(11-8-9-12(22)14(24)10-11)27(26-18)15-7-5-4-6-13(15)23/h4-10H,1-3H3,(H,25,26,28). The summed E-state index contributed by atoms with van der Waals surface area (Å²) >= 11 is 3.32. The minimum atomic E-state index is -1.07. The Morgan fingerprint density at radius 2 is 1.76 bits per heavy atom. The van der Waals surface area contributed by atoms with Crippen molar-refractivity contribution in [2.24, 2.45) is 0 Å². The number of para-hydroxylation sites is 1. The number of nitrogens with one attached hydrogen (secondary N) is 1. The molecule has 0 aliphatic heterocycles. The Hall–Kier alpha value is -2.81. The van der Waals surface area contributed by atoms with Crippen molar-refractivity contribution in [1.82, 2.24) is 9.78 Å². The van der Waals surface area contributed by atoms with Gasteiger partial charge in [-0.25, -0.2) is 22.6 Å². The molecule has 0 radical (unpaired) electrons. The first-order chi connectivity index (χ1) is 13.6. The number of carbonyl (C=O) groups excluding carboxylic acids is 1. The minimum Gasteiger partial charge on any atom is -0.444 e. The predicted molar refractivity (Wildman–Crippen MR) is 106 cm³/mol. The third-order valence-electron chi connectivity index (χ3n) is 3.72. The lowest BCUT2D eigenvalue weighted by Gasteiger charge is -2.19. The number of rotatable bonds is 3. The molecule has 0 atom stereocenters. The van der Waals surface area contributed by atoms with Crippen LogP contribution in [0, 0.1) is 17.5 Å². The number of benzene rings is 2. The van der Waals surface area contributed by atoms with E-state index < -0.39 is 29.1 Å². The molecular weight excluding hydrogens is 451 g/mol. The molecule has 0 saturated heterocycles. The topological polar surface area (TPSA) is 56.1 Å². The van der Waals surface area contributed by atoms with E-state index in [1.807, 2.05) is 0 Å². The Bertz CT molecular complexity index is 1080. The predicted octanol–water partition coefficient (Wildman–Crippen LogP) is 6.07. The Kier molecular flexibility index (Phi) is 5.70. The van der Waals surface area contributed by atoms with E-state index >= 15 is 0 Å². The quantitative estimate of drug-likeness (QED) is 0.508. The lowest BCUT2D eigenvalue weighted by atomic mass is 10.1. The van der Waals surface area contributed by atoms with Gasteiger partial charge in [-0.3, -0.25) is 5.32 Å². The Morgan fingerprint density at radius 1 is 1.07 bits per heavy atom. The van der Waals surface area contributed by atoms with Gasteiger partial charge in [-0.2, -0.15) is 0 Å². The molecule has 0 unspecified atom stereocenters. The summed E-state index contributed by atoms with van der Waals surface area (Å²) in [5.41, 5.74) is -0.234. The Labute approximate surface area is 173 Å². The van der Waals surface area contributed by atoms with E-state index in [4.69, 9.17) is 4.74 Å². The van der Waals surface area contributed by atoms with Gasteiger partial charge in [-0.1, -0.05) is 12.1 Å². The molecule has 3 rings (SSSR count). The highest BCUT2D eigenvalue weighted by molar-refractivity contribution is 9.10. The number of anilines is 1. The molecule has 9 heteroatoms. The van der Waals surface area contributed by atoms with E-state index in [9.17, 15) is 18.0 Å². The number of carbonyl (C=O) groups is 1. The molecule has 2 aromatic carbocycles. The minimum absolute atomic E-state index is 0.0298. The summed E-state index contributed by atoms with van der Waals surface area (Å²) in [6.45, 7) is 5.10. The molecule has 1 aromatic heterocycles. The van der Waals surface area contributed by atoms with Crippen LogP contribution in [0.2, 0.25) is 0 Å². The molecule has 3 aromatic rings. The first kappa shape index (κ1) is 20.9. The maximum Gasteiger partial charge on any atom is 0.413 e. The fourth-order valence-corrected chi connectivity index (χ4v) is 3.14. The van der Waals surface area contributed by atoms with Gasteiger partial charge in [0.05, 0.1) is 10.2 Å². The van der Waals surface area contributed by atoms with Crippen molar-refractivity contribution in [2.75, 3.05) is 5.32 Å². The van der Waals surface area contributed by atoms with Crippen LogP contribution in [0.5, 0.6) is 0 Å². The number of halogens is 4. The van der Waals surface area contributed by atoms with Crippen molar-refractivity contribution >= 4 is 27.8 Å². The normalized spacial score (nSPS) is 11.4. The van der Waals surface area contributed by atoms with Crippen molar-refractivity contribution in [1.29, 1.82) is 0 Å². The van der Waals surface area contributed by atoms with Crippen LogP contribution in [0.3, 0.4) is 0 Å². The number of ether oxygens (including phenoxy) is 1. The second-order valence-electron chi connectivity index (χ2n) is 7.13. The van der Waals surface area contributed by atoms with Gasteiger partial charge in [0.1, 0.15) is 17.1 Å². The average Bonchev–Trinajstić information content (AvgIpc) is 2.92. The number of amides is 1. The van der Waals surface area contributed by atoms with Gasteiger partial charge < -0.3 is 4.74 Å². The molecule has 0 aliphatic rings. The summed E-state index contributed by atoms with van der Waals surface area (Å²) in [6.07, 6.45) is -0.770. The van der Waals surface area contributed by atoms with Crippen molar-refractivity contribution in [3.8, 4) is 16.9 Å². The van der Waals surface area contributed by atoms with Crippen LogP contribution in [0.4, 0.5) is 23.8 Å². The number of hydrogen-bond donors (Lipinski definition) is 1. The smallest absolute Gasteiger partial charge is 0.413 e. The third kappa shape index (κ3) is 4.61. The second-order valence-corrected chi connectivity index (χ2v) is 7.92. The van der Waals surface area contributed by atoms with Gasteiger partial charge in [0.25, 0.3) is 0 Å². The van der Waals surface area contributed by atoms with Gasteiger partial charge in [-0.05, 0) is 67.0 Å². The molecule has 0 spiro atoms. The van der Waals surface area contributed by atoms with Gasteiger partial charge in [-0.15, -0.1) is 5.10 Å². The summed E-state index contributed by atoms with van der Waals surface area (Å²) in [4.78, 5) is 12.2. The molecule has 5 nitrogen and oxygen atoms in total. The second kappa shape index (κ2) is 7.90. The van der Waals surface area contributed by atoms with E-state index in [2.05, 4.69) is 26.3 Å². The van der Waals surface area contributed by atoms with Gasteiger partial charge >= 0.3 is 6.09 Å². The lowest BCUT2D eigenvalue weighted by Crippen LogP contribution is -2.27. The highest BCUT2D eigenvalue weighted by Gasteiger charge is 2.24. The number of nitrogens with zero attached hydrogens (tertiary/aromatic N) is 2. The Morgan fingerprint density at radius 3 is 2.38 bits per heavy atom. The van der Waals surface area contributed by atoms with Crippen molar-refractivity contribution in [3.05, 3.63) is 64.4 Å².